The molecule has 1 N–H and O–H groups in total. The van der Waals surface area contributed by atoms with Gasteiger partial charge in [0.05, 0.1) is 5.69 Å². The van der Waals surface area contributed by atoms with Crippen LogP contribution in [0.25, 0.3) is 6.08 Å². The Morgan fingerprint density at radius 2 is 1.92 bits per heavy atom. The Labute approximate surface area is 154 Å². The molecule has 0 atom stereocenters. The molecular formula is C20H26N4O2. The van der Waals surface area contributed by atoms with Crippen molar-refractivity contribution in [3.63, 3.8) is 0 Å². The predicted octanol–water partition coefficient (Wildman–Crippen LogP) is 3.17. The second-order valence-electron chi connectivity index (χ2n) is 6.09. The van der Waals surface area contributed by atoms with E-state index in [1.54, 1.807) is 39.9 Å². The highest BCUT2D eigenvalue weighted by atomic mass is 16.2. The fourth-order valence-electron chi connectivity index (χ4n) is 2.80. The Kier molecular flexibility index (Phi) is 6.33. The summed E-state index contributed by atoms with van der Waals surface area (Å²) in [4.78, 5) is 26.4. The Balaban J connectivity index is 2.11. The van der Waals surface area contributed by atoms with Crippen LogP contribution in [0, 0.1) is 13.8 Å². The number of hydrogen-bond acceptors (Lipinski definition) is 3. The van der Waals surface area contributed by atoms with Crippen molar-refractivity contribution in [2.45, 2.75) is 27.7 Å². The van der Waals surface area contributed by atoms with Gasteiger partial charge in [0, 0.05) is 48.7 Å². The van der Waals surface area contributed by atoms with E-state index >= 15 is 0 Å². The van der Waals surface area contributed by atoms with Crippen molar-refractivity contribution in [1.29, 1.82) is 0 Å². The van der Waals surface area contributed by atoms with Crippen molar-refractivity contribution in [3.05, 3.63) is 52.9 Å². The zero-order valence-corrected chi connectivity index (χ0v) is 16.0. The molecular weight excluding hydrogens is 328 g/mol. The summed E-state index contributed by atoms with van der Waals surface area (Å²) >= 11 is 0. The van der Waals surface area contributed by atoms with E-state index in [1.807, 2.05) is 34.7 Å². The fraction of sp³-hybridized carbons (Fsp3) is 0.350. The number of benzene rings is 1. The Morgan fingerprint density at radius 1 is 1.23 bits per heavy atom. The summed E-state index contributed by atoms with van der Waals surface area (Å²) in [5.41, 5.74) is 3.97. The molecule has 1 aromatic carbocycles. The molecule has 0 fully saturated rings. The standard InChI is InChI=1S/C20H26N4O2/c1-6-24(7-2)20(26)16-9-8-10-17(13-16)21-19(25)12-11-18-14(3)22-23(5)15(18)4/h8-13H,6-7H2,1-5H3,(H,21,25)/b12-11+. The summed E-state index contributed by atoms with van der Waals surface area (Å²) in [7, 11) is 1.87. The highest BCUT2D eigenvalue weighted by Crippen LogP contribution is 2.15. The van der Waals surface area contributed by atoms with Crippen LogP contribution < -0.4 is 5.32 Å². The normalized spacial score (nSPS) is 11.0. The lowest BCUT2D eigenvalue weighted by atomic mass is 10.1. The van der Waals surface area contributed by atoms with E-state index < -0.39 is 0 Å². The van der Waals surface area contributed by atoms with Crippen LogP contribution in [0.4, 0.5) is 5.69 Å². The molecule has 0 saturated heterocycles. The molecule has 0 radical (unpaired) electrons. The van der Waals surface area contributed by atoms with Crippen molar-refractivity contribution in [3.8, 4) is 0 Å². The minimum atomic E-state index is -0.250. The quantitative estimate of drug-likeness (QED) is 0.810. The zero-order chi connectivity index (χ0) is 19.3. The molecule has 0 unspecified atom stereocenters. The van der Waals surface area contributed by atoms with Gasteiger partial charge in [0.2, 0.25) is 5.91 Å². The molecule has 0 aliphatic heterocycles. The number of aromatic nitrogens is 2. The summed E-state index contributed by atoms with van der Waals surface area (Å²) in [6, 6.07) is 7.00. The molecule has 2 rings (SSSR count). The average Bonchev–Trinajstić information content (AvgIpc) is 2.86. The molecule has 2 aromatic rings. The highest BCUT2D eigenvalue weighted by Gasteiger charge is 2.13. The van der Waals surface area contributed by atoms with E-state index in [-0.39, 0.29) is 11.8 Å². The largest absolute Gasteiger partial charge is 0.339 e. The minimum Gasteiger partial charge on any atom is -0.339 e. The van der Waals surface area contributed by atoms with E-state index in [2.05, 4.69) is 10.4 Å². The van der Waals surface area contributed by atoms with Crippen LogP contribution in [0.1, 0.15) is 41.2 Å². The smallest absolute Gasteiger partial charge is 0.253 e. The molecule has 2 amide bonds. The van der Waals surface area contributed by atoms with Crippen LogP contribution in [-0.2, 0) is 11.8 Å². The number of carbonyl (C=O) groups is 2. The second-order valence-corrected chi connectivity index (χ2v) is 6.09. The number of nitrogens with zero attached hydrogens (tertiary/aromatic N) is 3. The van der Waals surface area contributed by atoms with Gasteiger partial charge in [-0.25, -0.2) is 0 Å². The number of anilines is 1. The predicted molar refractivity (Wildman–Crippen MR) is 104 cm³/mol. The highest BCUT2D eigenvalue weighted by molar-refractivity contribution is 6.03. The Hall–Kier alpha value is -2.89. The lowest BCUT2D eigenvalue weighted by Crippen LogP contribution is -2.30. The van der Waals surface area contributed by atoms with Crippen molar-refractivity contribution in [2.24, 2.45) is 7.05 Å². The van der Waals surface area contributed by atoms with Gasteiger partial charge in [-0.2, -0.15) is 5.10 Å². The van der Waals surface area contributed by atoms with Gasteiger partial charge in [-0.1, -0.05) is 6.07 Å². The molecule has 0 aliphatic rings. The van der Waals surface area contributed by atoms with Gasteiger partial charge in [-0.3, -0.25) is 14.3 Å². The first-order valence-electron chi connectivity index (χ1n) is 8.76. The number of aryl methyl sites for hydroxylation is 2. The molecule has 0 bridgehead atoms. The number of rotatable bonds is 6. The third-order valence-corrected chi connectivity index (χ3v) is 4.39. The van der Waals surface area contributed by atoms with Crippen LogP contribution in [0.3, 0.4) is 0 Å². The number of hydrogen-bond donors (Lipinski definition) is 1. The van der Waals surface area contributed by atoms with E-state index in [9.17, 15) is 9.59 Å². The van der Waals surface area contributed by atoms with Crippen LogP contribution in [0.15, 0.2) is 30.3 Å². The van der Waals surface area contributed by atoms with Crippen molar-refractivity contribution < 1.29 is 9.59 Å². The topological polar surface area (TPSA) is 67.2 Å². The number of nitrogens with one attached hydrogen (secondary N) is 1. The molecule has 0 saturated carbocycles. The first-order valence-corrected chi connectivity index (χ1v) is 8.76. The second kappa shape index (κ2) is 8.47. The van der Waals surface area contributed by atoms with Gasteiger partial charge in [0.1, 0.15) is 0 Å². The van der Waals surface area contributed by atoms with Gasteiger partial charge < -0.3 is 10.2 Å². The summed E-state index contributed by atoms with van der Waals surface area (Å²) in [5, 5.41) is 7.13. The minimum absolute atomic E-state index is 0.0387. The van der Waals surface area contributed by atoms with Gasteiger partial charge in [-0.15, -0.1) is 0 Å². The summed E-state index contributed by atoms with van der Waals surface area (Å²) in [6.45, 7) is 9.06. The van der Waals surface area contributed by atoms with Crippen LogP contribution in [0.2, 0.25) is 0 Å². The molecule has 1 aromatic heterocycles. The third kappa shape index (κ3) is 4.39. The third-order valence-electron chi connectivity index (χ3n) is 4.39. The fourth-order valence-corrected chi connectivity index (χ4v) is 2.80. The Bertz CT molecular complexity index is 832. The molecule has 0 aliphatic carbocycles. The first kappa shape index (κ1) is 19.4. The molecule has 6 nitrogen and oxygen atoms in total. The van der Waals surface area contributed by atoms with Gasteiger partial charge >= 0.3 is 0 Å². The molecule has 1 heterocycles. The van der Waals surface area contributed by atoms with Crippen LogP contribution in [0.5, 0.6) is 0 Å². The summed E-state index contributed by atoms with van der Waals surface area (Å²) < 4.78 is 1.79. The lowest BCUT2D eigenvalue weighted by molar-refractivity contribution is -0.111. The molecule has 0 spiro atoms. The van der Waals surface area contributed by atoms with E-state index in [4.69, 9.17) is 0 Å². The van der Waals surface area contributed by atoms with Crippen molar-refractivity contribution in [2.75, 3.05) is 18.4 Å². The number of carbonyl (C=O) groups excluding carboxylic acids is 2. The van der Waals surface area contributed by atoms with Gasteiger partial charge in [0.25, 0.3) is 5.91 Å². The lowest BCUT2D eigenvalue weighted by Gasteiger charge is -2.18. The zero-order valence-electron chi connectivity index (χ0n) is 16.0. The van der Waals surface area contributed by atoms with E-state index in [0.29, 0.717) is 24.3 Å². The van der Waals surface area contributed by atoms with E-state index in [0.717, 1.165) is 17.0 Å². The summed E-state index contributed by atoms with van der Waals surface area (Å²) in [6.07, 6.45) is 3.24. The molecule has 6 heteroatoms. The number of amides is 2. The van der Waals surface area contributed by atoms with E-state index in [1.165, 1.54) is 6.08 Å². The summed E-state index contributed by atoms with van der Waals surface area (Å²) in [5.74, 6) is -0.289. The maximum atomic E-state index is 12.4. The SMILES string of the molecule is CCN(CC)C(=O)c1cccc(NC(=O)/C=C/c2c(C)nn(C)c2C)c1. The van der Waals surface area contributed by atoms with Crippen LogP contribution in [-0.4, -0.2) is 39.6 Å². The van der Waals surface area contributed by atoms with Gasteiger partial charge in [0.15, 0.2) is 0 Å². The average molecular weight is 354 g/mol. The van der Waals surface area contributed by atoms with Gasteiger partial charge in [-0.05, 0) is 52.0 Å². The monoisotopic (exact) mass is 354 g/mol. The first-order chi connectivity index (χ1) is 12.4. The van der Waals surface area contributed by atoms with Crippen molar-refractivity contribution in [1.82, 2.24) is 14.7 Å². The van der Waals surface area contributed by atoms with Crippen molar-refractivity contribution >= 4 is 23.6 Å². The van der Waals surface area contributed by atoms with Crippen LogP contribution >= 0.6 is 0 Å². The maximum Gasteiger partial charge on any atom is 0.253 e. The molecule has 138 valence electrons. The molecule has 26 heavy (non-hydrogen) atoms. The maximum absolute atomic E-state index is 12.4. The Morgan fingerprint density at radius 3 is 2.50 bits per heavy atom.